The van der Waals surface area contributed by atoms with Crippen LogP contribution in [0.4, 0.5) is 10.8 Å². The fourth-order valence-electron chi connectivity index (χ4n) is 3.49. The SMILES string of the molecule is CC(C)N1Cc2ccc(Nc3nn4c(=O)c5ccccc5nc4s3)cc2C1. The van der Waals surface area contributed by atoms with Gasteiger partial charge in [-0.05, 0) is 49.2 Å². The Bertz CT molecular complexity index is 1230. The Morgan fingerprint density at radius 1 is 1.11 bits per heavy atom. The standard InChI is InChI=1S/C20H19N5OS/c1-12(2)24-10-13-7-8-15(9-14(13)11-24)21-19-23-25-18(26)16-5-3-4-6-17(16)22-20(25)27-19/h3-9,12H,10-11H2,1-2H3,(H,21,23). The highest BCUT2D eigenvalue weighted by Crippen LogP contribution is 2.29. The average molecular weight is 377 g/mol. The molecule has 0 radical (unpaired) electrons. The van der Waals surface area contributed by atoms with Gasteiger partial charge in [0.2, 0.25) is 10.1 Å². The highest BCUT2D eigenvalue weighted by atomic mass is 32.1. The normalized spacial score (nSPS) is 14.3. The third-order valence-electron chi connectivity index (χ3n) is 5.04. The minimum absolute atomic E-state index is 0.138. The first-order valence-electron chi connectivity index (χ1n) is 9.00. The molecule has 1 aliphatic rings. The van der Waals surface area contributed by atoms with Crippen LogP contribution in [0.1, 0.15) is 25.0 Å². The Kier molecular flexibility index (Phi) is 3.73. The molecule has 4 aromatic rings. The second-order valence-electron chi connectivity index (χ2n) is 7.14. The van der Waals surface area contributed by atoms with E-state index in [2.05, 4.69) is 52.3 Å². The molecule has 5 rings (SSSR count). The molecular weight excluding hydrogens is 358 g/mol. The fraction of sp³-hybridized carbons (Fsp3) is 0.250. The molecule has 0 atom stereocenters. The first kappa shape index (κ1) is 16.4. The summed E-state index contributed by atoms with van der Waals surface area (Å²) in [5.74, 6) is 0. The molecule has 6 nitrogen and oxygen atoms in total. The summed E-state index contributed by atoms with van der Waals surface area (Å²) in [4.78, 5) is 20.2. The molecular formula is C20H19N5OS. The van der Waals surface area contributed by atoms with E-state index in [0.29, 0.717) is 27.0 Å². The van der Waals surface area contributed by atoms with Crippen molar-refractivity contribution in [1.29, 1.82) is 0 Å². The summed E-state index contributed by atoms with van der Waals surface area (Å²) in [6.07, 6.45) is 0. The molecule has 0 spiro atoms. The third-order valence-corrected chi connectivity index (χ3v) is 5.86. The molecule has 0 saturated carbocycles. The van der Waals surface area contributed by atoms with E-state index in [1.807, 2.05) is 18.2 Å². The van der Waals surface area contributed by atoms with Crippen LogP contribution in [0.25, 0.3) is 15.9 Å². The molecule has 0 saturated heterocycles. The van der Waals surface area contributed by atoms with Gasteiger partial charge < -0.3 is 5.32 Å². The number of rotatable bonds is 3. The zero-order chi connectivity index (χ0) is 18.5. The summed E-state index contributed by atoms with van der Waals surface area (Å²) in [6, 6.07) is 14.3. The predicted molar refractivity (Wildman–Crippen MR) is 109 cm³/mol. The van der Waals surface area contributed by atoms with Crippen molar-refractivity contribution in [2.45, 2.75) is 33.0 Å². The quantitative estimate of drug-likeness (QED) is 0.589. The number of aromatic nitrogens is 3. The predicted octanol–water partition coefficient (Wildman–Crippen LogP) is 3.77. The van der Waals surface area contributed by atoms with E-state index in [9.17, 15) is 4.79 Å². The largest absolute Gasteiger partial charge is 0.330 e. The zero-order valence-electron chi connectivity index (χ0n) is 15.1. The summed E-state index contributed by atoms with van der Waals surface area (Å²) >= 11 is 1.38. The number of nitrogens with one attached hydrogen (secondary N) is 1. The Morgan fingerprint density at radius 3 is 2.78 bits per heavy atom. The van der Waals surface area contributed by atoms with Crippen LogP contribution in [0.15, 0.2) is 47.3 Å². The summed E-state index contributed by atoms with van der Waals surface area (Å²) in [7, 11) is 0. The molecule has 27 heavy (non-hydrogen) atoms. The third kappa shape index (κ3) is 2.79. The second-order valence-corrected chi connectivity index (χ2v) is 8.10. The van der Waals surface area contributed by atoms with Crippen molar-refractivity contribution >= 4 is 38.0 Å². The van der Waals surface area contributed by atoms with Crippen molar-refractivity contribution in [3.05, 3.63) is 63.9 Å². The lowest BCUT2D eigenvalue weighted by Gasteiger charge is -2.18. The smallest absolute Gasteiger partial charge is 0.283 e. The first-order valence-corrected chi connectivity index (χ1v) is 9.81. The maximum Gasteiger partial charge on any atom is 0.283 e. The van der Waals surface area contributed by atoms with Crippen molar-refractivity contribution in [3.63, 3.8) is 0 Å². The highest BCUT2D eigenvalue weighted by Gasteiger charge is 2.21. The molecule has 0 aliphatic carbocycles. The first-order chi connectivity index (χ1) is 13.1. The van der Waals surface area contributed by atoms with Crippen molar-refractivity contribution in [1.82, 2.24) is 19.5 Å². The van der Waals surface area contributed by atoms with Crippen LogP contribution in [0.5, 0.6) is 0 Å². The topological polar surface area (TPSA) is 62.5 Å². The number of para-hydroxylation sites is 1. The van der Waals surface area contributed by atoms with Crippen molar-refractivity contribution in [3.8, 4) is 0 Å². The van der Waals surface area contributed by atoms with Gasteiger partial charge in [0.25, 0.3) is 5.56 Å². The van der Waals surface area contributed by atoms with Crippen molar-refractivity contribution < 1.29 is 0 Å². The Balaban J connectivity index is 1.49. The Morgan fingerprint density at radius 2 is 1.93 bits per heavy atom. The van der Waals surface area contributed by atoms with Crippen LogP contribution in [0.3, 0.4) is 0 Å². The van der Waals surface area contributed by atoms with E-state index in [1.165, 1.54) is 27.0 Å². The van der Waals surface area contributed by atoms with Gasteiger partial charge >= 0.3 is 0 Å². The number of nitrogens with zero attached hydrogens (tertiary/aromatic N) is 4. The monoisotopic (exact) mass is 377 g/mol. The summed E-state index contributed by atoms with van der Waals surface area (Å²) in [5, 5.41) is 9.01. The lowest BCUT2D eigenvalue weighted by atomic mass is 10.1. The van der Waals surface area contributed by atoms with Gasteiger partial charge in [0, 0.05) is 24.8 Å². The van der Waals surface area contributed by atoms with Crippen LogP contribution in [-0.4, -0.2) is 25.5 Å². The maximum absolute atomic E-state index is 12.6. The van der Waals surface area contributed by atoms with Crippen molar-refractivity contribution in [2.75, 3.05) is 5.32 Å². The molecule has 3 heterocycles. The number of hydrogen-bond acceptors (Lipinski definition) is 6. The number of fused-ring (bicyclic) bond motifs is 3. The summed E-state index contributed by atoms with van der Waals surface area (Å²) < 4.78 is 1.38. The van der Waals surface area contributed by atoms with E-state index in [0.717, 1.165) is 18.8 Å². The van der Waals surface area contributed by atoms with E-state index in [4.69, 9.17) is 0 Å². The van der Waals surface area contributed by atoms with Gasteiger partial charge in [0.1, 0.15) is 0 Å². The van der Waals surface area contributed by atoms with E-state index in [-0.39, 0.29) is 5.56 Å². The Hall–Kier alpha value is -2.77. The Labute approximate surface area is 160 Å². The van der Waals surface area contributed by atoms with Crippen molar-refractivity contribution in [2.24, 2.45) is 0 Å². The zero-order valence-corrected chi connectivity index (χ0v) is 16.0. The molecule has 0 unspecified atom stereocenters. The van der Waals surface area contributed by atoms with E-state index >= 15 is 0 Å². The molecule has 136 valence electrons. The second kappa shape index (κ2) is 6.14. The number of benzene rings is 2. The molecule has 2 aromatic heterocycles. The van der Waals surface area contributed by atoms with Crippen LogP contribution < -0.4 is 10.9 Å². The van der Waals surface area contributed by atoms with Crippen LogP contribution >= 0.6 is 11.3 Å². The van der Waals surface area contributed by atoms with Crippen LogP contribution in [0.2, 0.25) is 0 Å². The van der Waals surface area contributed by atoms with E-state index in [1.54, 1.807) is 6.07 Å². The summed E-state index contributed by atoms with van der Waals surface area (Å²) in [6.45, 7) is 6.41. The lowest BCUT2D eigenvalue weighted by Crippen LogP contribution is -2.24. The minimum atomic E-state index is -0.138. The molecule has 1 N–H and O–H groups in total. The summed E-state index contributed by atoms with van der Waals surface area (Å²) in [5.41, 5.74) is 4.26. The lowest BCUT2D eigenvalue weighted by molar-refractivity contribution is 0.227. The van der Waals surface area contributed by atoms with E-state index < -0.39 is 0 Å². The minimum Gasteiger partial charge on any atom is -0.330 e. The fourth-order valence-corrected chi connectivity index (χ4v) is 4.31. The molecule has 0 amide bonds. The van der Waals surface area contributed by atoms with Crippen LogP contribution in [-0.2, 0) is 13.1 Å². The maximum atomic E-state index is 12.6. The molecule has 2 aromatic carbocycles. The number of anilines is 2. The van der Waals surface area contributed by atoms with Gasteiger partial charge in [-0.2, -0.15) is 4.52 Å². The van der Waals surface area contributed by atoms with Gasteiger partial charge in [-0.25, -0.2) is 4.98 Å². The molecule has 1 aliphatic heterocycles. The average Bonchev–Trinajstić information content (AvgIpc) is 3.25. The highest BCUT2D eigenvalue weighted by molar-refractivity contribution is 7.20. The number of hydrogen-bond donors (Lipinski definition) is 1. The van der Waals surface area contributed by atoms with Gasteiger partial charge in [-0.3, -0.25) is 9.69 Å². The van der Waals surface area contributed by atoms with Gasteiger partial charge in [-0.1, -0.05) is 29.5 Å². The van der Waals surface area contributed by atoms with Gasteiger partial charge in [0.05, 0.1) is 10.9 Å². The molecule has 7 heteroatoms. The van der Waals surface area contributed by atoms with Gasteiger partial charge in [0.15, 0.2) is 0 Å². The molecule has 0 bridgehead atoms. The van der Waals surface area contributed by atoms with Gasteiger partial charge in [-0.15, -0.1) is 5.10 Å². The molecule has 0 fully saturated rings. The van der Waals surface area contributed by atoms with Crippen LogP contribution in [0, 0.1) is 0 Å².